The Labute approximate surface area is 94.8 Å². The topological polar surface area (TPSA) is 34.1 Å². The van der Waals surface area contributed by atoms with Crippen LogP contribution >= 0.6 is 11.6 Å². The number of hydrogen-bond donors (Lipinski definition) is 1. The first-order chi connectivity index (χ1) is 7.36. The van der Waals surface area contributed by atoms with Crippen LogP contribution in [0.15, 0.2) is 18.5 Å². The highest BCUT2D eigenvalue weighted by Gasteiger charge is 2.14. The molecule has 1 atom stereocenters. The Morgan fingerprint density at radius 1 is 1.60 bits per heavy atom. The maximum atomic E-state index is 5.96. The monoisotopic (exact) mass is 226 g/mol. The summed E-state index contributed by atoms with van der Waals surface area (Å²) >= 11 is 5.96. The van der Waals surface area contributed by atoms with Gasteiger partial charge in [-0.3, -0.25) is 4.98 Å². The molecule has 1 unspecified atom stereocenters. The highest BCUT2D eigenvalue weighted by molar-refractivity contribution is 6.31. The second-order valence-corrected chi connectivity index (χ2v) is 4.25. The number of pyridine rings is 1. The Bertz CT molecular complexity index is 313. The average Bonchev–Trinajstić information content (AvgIpc) is 2.74. The minimum absolute atomic E-state index is 0.581. The molecule has 0 aliphatic carbocycles. The van der Waals surface area contributed by atoms with Gasteiger partial charge >= 0.3 is 0 Å². The number of nitrogens with one attached hydrogen (secondary N) is 1. The molecule has 82 valence electrons. The fourth-order valence-corrected chi connectivity index (χ4v) is 1.89. The number of ether oxygens (including phenoxy) is 1. The van der Waals surface area contributed by atoms with Gasteiger partial charge in [0.25, 0.3) is 0 Å². The molecule has 1 aliphatic heterocycles. The lowest BCUT2D eigenvalue weighted by molar-refractivity contribution is 0.0925. The van der Waals surface area contributed by atoms with Gasteiger partial charge in [0.05, 0.1) is 18.2 Å². The molecule has 4 heteroatoms. The van der Waals surface area contributed by atoms with Crippen LogP contribution in [0.5, 0.6) is 0 Å². The first-order valence-electron chi connectivity index (χ1n) is 5.23. The van der Waals surface area contributed by atoms with E-state index in [-0.39, 0.29) is 0 Å². The van der Waals surface area contributed by atoms with Crippen LogP contribution in [0.1, 0.15) is 12.0 Å². The molecule has 1 fully saturated rings. The van der Waals surface area contributed by atoms with Gasteiger partial charge in [-0.1, -0.05) is 11.6 Å². The normalized spacial score (nSPS) is 20.7. The smallest absolute Gasteiger partial charge is 0.0732 e. The van der Waals surface area contributed by atoms with Crippen molar-refractivity contribution < 1.29 is 4.74 Å². The number of nitrogens with zero attached hydrogens (tertiary/aromatic N) is 1. The maximum absolute atomic E-state index is 5.96. The van der Waals surface area contributed by atoms with E-state index in [0.717, 1.165) is 25.3 Å². The third kappa shape index (κ3) is 3.16. The lowest BCUT2D eigenvalue weighted by Gasteiger charge is -2.09. The lowest BCUT2D eigenvalue weighted by Crippen LogP contribution is -2.13. The van der Waals surface area contributed by atoms with Gasteiger partial charge in [-0.25, -0.2) is 0 Å². The number of hydrogen-bond acceptors (Lipinski definition) is 3. The van der Waals surface area contributed by atoms with Crippen molar-refractivity contribution in [1.29, 1.82) is 0 Å². The predicted molar refractivity (Wildman–Crippen MR) is 59.9 cm³/mol. The summed E-state index contributed by atoms with van der Waals surface area (Å²) in [5.74, 6) is 0.658. The maximum Gasteiger partial charge on any atom is 0.0732 e. The average molecular weight is 227 g/mol. The van der Waals surface area contributed by atoms with Crippen molar-refractivity contribution in [2.45, 2.75) is 13.0 Å². The Hall–Kier alpha value is -0.640. The van der Waals surface area contributed by atoms with Gasteiger partial charge in [0.1, 0.15) is 0 Å². The van der Waals surface area contributed by atoms with Crippen molar-refractivity contribution in [3.05, 3.63) is 29.0 Å². The molecule has 0 amide bonds. The number of rotatable bonds is 4. The highest BCUT2D eigenvalue weighted by Crippen LogP contribution is 2.15. The molecule has 3 nitrogen and oxygen atoms in total. The van der Waals surface area contributed by atoms with Gasteiger partial charge in [-0.15, -0.1) is 0 Å². The first kappa shape index (κ1) is 10.9. The second-order valence-electron chi connectivity index (χ2n) is 3.84. The molecule has 0 saturated carbocycles. The lowest BCUT2D eigenvalue weighted by atomic mass is 10.1. The fourth-order valence-electron chi connectivity index (χ4n) is 1.71. The van der Waals surface area contributed by atoms with Crippen LogP contribution in [-0.4, -0.2) is 24.7 Å². The summed E-state index contributed by atoms with van der Waals surface area (Å²) < 4.78 is 5.63. The molecule has 1 aromatic rings. The minimum atomic E-state index is 0.581. The zero-order chi connectivity index (χ0) is 10.5. The molecule has 0 spiro atoms. The summed E-state index contributed by atoms with van der Waals surface area (Å²) in [6.07, 6.45) is 4.60. The molecular formula is C11H15ClN2O. The standard InChI is InChI=1S/C11H15ClN2O/c12-11-6-14-4-2-10(11)8-15-7-9-1-3-13-5-9/h2,4,6,9,13H,1,3,5,7-8H2. The van der Waals surface area contributed by atoms with Crippen molar-refractivity contribution in [2.75, 3.05) is 19.7 Å². The fraction of sp³-hybridized carbons (Fsp3) is 0.545. The third-order valence-electron chi connectivity index (χ3n) is 2.63. The van der Waals surface area contributed by atoms with Crippen molar-refractivity contribution >= 4 is 11.6 Å². The predicted octanol–water partition coefficient (Wildman–Crippen LogP) is 1.86. The van der Waals surface area contributed by atoms with Crippen molar-refractivity contribution in [1.82, 2.24) is 10.3 Å². The quantitative estimate of drug-likeness (QED) is 0.851. The van der Waals surface area contributed by atoms with E-state index < -0.39 is 0 Å². The van der Waals surface area contributed by atoms with Gasteiger partial charge in [-0.2, -0.15) is 0 Å². The Morgan fingerprint density at radius 2 is 2.53 bits per heavy atom. The summed E-state index contributed by atoms with van der Waals surface area (Å²) in [6, 6.07) is 1.90. The van der Waals surface area contributed by atoms with Gasteiger partial charge in [-0.05, 0) is 30.5 Å². The highest BCUT2D eigenvalue weighted by atomic mass is 35.5. The van der Waals surface area contributed by atoms with Crippen LogP contribution in [-0.2, 0) is 11.3 Å². The first-order valence-corrected chi connectivity index (χ1v) is 5.61. The molecule has 1 aromatic heterocycles. The largest absolute Gasteiger partial charge is 0.376 e. The second kappa shape index (κ2) is 5.45. The van der Waals surface area contributed by atoms with Crippen LogP contribution in [0, 0.1) is 5.92 Å². The molecule has 2 rings (SSSR count). The van der Waals surface area contributed by atoms with Crippen molar-refractivity contribution in [2.24, 2.45) is 5.92 Å². The molecule has 0 bridgehead atoms. The van der Waals surface area contributed by atoms with Crippen LogP contribution in [0.4, 0.5) is 0 Å². The van der Waals surface area contributed by atoms with Crippen LogP contribution in [0.2, 0.25) is 5.02 Å². The van der Waals surface area contributed by atoms with E-state index in [9.17, 15) is 0 Å². The molecule has 1 saturated heterocycles. The van der Waals surface area contributed by atoms with E-state index in [1.165, 1.54) is 6.42 Å². The van der Waals surface area contributed by atoms with E-state index in [1.54, 1.807) is 12.4 Å². The van der Waals surface area contributed by atoms with Crippen molar-refractivity contribution in [3.8, 4) is 0 Å². The van der Waals surface area contributed by atoms with Gasteiger partial charge in [0, 0.05) is 18.9 Å². The van der Waals surface area contributed by atoms with E-state index in [0.29, 0.717) is 17.5 Å². The molecular weight excluding hydrogens is 212 g/mol. The van der Waals surface area contributed by atoms with Gasteiger partial charge in [0.2, 0.25) is 0 Å². The number of aromatic nitrogens is 1. The molecule has 1 N–H and O–H groups in total. The molecule has 2 heterocycles. The molecule has 15 heavy (non-hydrogen) atoms. The van der Waals surface area contributed by atoms with Crippen LogP contribution in [0.25, 0.3) is 0 Å². The van der Waals surface area contributed by atoms with E-state index in [2.05, 4.69) is 10.3 Å². The summed E-state index contributed by atoms with van der Waals surface area (Å²) in [5.41, 5.74) is 1.01. The van der Waals surface area contributed by atoms with Gasteiger partial charge < -0.3 is 10.1 Å². The third-order valence-corrected chi connectivity index (χ3v) is 2.97. The zero-order valence-electron chi connectivity index (χ0n) is 8.58. The Balaban J connectivity index is 1.75. The van der Waals surface area contributed by atoms with Gasteiger partial charge in [0.15, 0.2) is 0 Å². The van der Waals surface area contributed by atoms with Crippen LogP contribution in [0.3, 0.4) is 0 Å². The molecule has 1 aliphatic rings. The Morgan fingerprint density at radius 3 is 3.27 bits per heavy atom. The molecule has 0 aromatic carbocycles. The summed E-state index contributed by atoms with van der Waals surface area (Å²) in [7, 11) is 0. The van der Waals surface area contributed by atoms with E-state index in [1.807, 2.05) is 6.07 Å². The Kier molecular flexibility index (Phi) is 3.94. The van der Waals surface area contributed by atoms with Crippen molar-refractivity contribution in [3.63, 3.8) is 0 Å². The molecule has 0 radical (unpaired) electrons. The van der Waals surface area contributed by atoms with E-state index >= 15 is 0 Å². The van der Waals surface area contributed by atoms with E-state index in [4.69, 9.17) is 16.3 Å². The number of halogens is 1. The summed E-state index contributed by atoms with van der Waals surface area (Å²) in [5, 5.41) is 4.00. The van der Waals surface area contributed by atoms with Crippen LogP contribution < -0.4 is 5.32 Å². The summed E-state index contributed by atoms with van der Waals surface area (Å²) in [4.78, 5) is 3.93. The minimum Gasteiger partial charge on any atom is -0.376 e. The zero-order valence-corrected chi connectivity index (χ0v) is 9.33. The SMILES string of the molecule is Clc1cnccc1COCC1CCNC1. The summed E-state index contributed by atoms with van der Waals surface area (Å²) in [6.45, 7) is 3.58.